The van der Waals surface area contributed by atoms with Gasteiger partial charge in [-0.05, 0) is 37.1 Å². The lowest BCUT2D eigenvalue weighted by molar-refractivity contribution is 0.0813. The number of benzene rings is 1. The maximum atomic E-state index is 12.5. The van der Waals surface area contributed by atoms with Gasteiger partial charge in [-0.1, -0.05) is 43.6 Å². The molecule has 0 aliphatic rings. The van der Waals surface area contributed by atoms with Crippen LogP contribution in [0.5, 0.6) is 0 Å². The van der Waals surface area contributed by atoms with Gasteiger partial charge >= 0.3 is 0 Å². The SMILES string of the molecule is CCC(CC)(CO)NC(=O)c1cccc(-c2cccc(Cl)c2)n1. The number of carbonyl (C=O) groups excluding carboxylic acids is 1. The minimum absolute atomic E-state index is 0.0975. The minimum Gasteiger partial charge on any atom is -0.394 e. The molecule has 1 aromatic heterocycles. The summed E-state index contributed by atoms with van der Waals surface area (Å²) in [6.45, 7) is 3.78. The van der Waals surface area contributed by atoms with Crippen molar-refractivity contribution in [3.63, 3.8) is 0 Å². The van der Waals surface area contributed by atoms with Gasteiger partial charge in [0.05, 0.1) is 17.8 Å². The quantitative estimate of drug-likeness (QED) is 0.848. The predicted octanol–water partition coefficient (Wildman–Crippen LogP) is 3.68. The number of rotatable bonds is 6. The lowest BCUT2D eigenvalue weighted by atomic mass is 9.93. The zero-order valence-corrected chi connectivity index (χ0v) is 14.1. The maximum Gasteiger partial charge on any atom is 0.270 e. The summed E-state index contributed by atoms with van der Waals surface area (Å²) in [5.41, 5.74) is 1.25. The van der Waals surface area contributed by atoms with Crippen molar-refractivity contribution in [2.24, 2.45) is 0 Å². The zero-order chi connectivity index (χ0) is 16.9. The average molecular weight is 333 g/mol. The molecule has 0 aliphatic carbocycles. The molecule has 2 rings (SSSR count). The third kappa shape index (κ3) is 4.09. The summed E-state index contributed by atoms with van der Waals surface area (Å²) in [5, 5.41) is 13.1. The number of nitrogens with one attached hydrogen (secondary N) is 1. The molecule has 0 atom stereocenters. The van der Waals surface area contributed by atoms with Gasteiger partial charge < -0.3 is 10.4 Å². The van der Waals surface area contributed by atoms with Gasteiger partial charge in [-0.2, -0.15) is 0 Å². The van der Waals surface area contributed by atoms with Crippen LogP contribution in [0.4, 0.5) is 0 Å². The Morgan fingerprint density at radius 1 is 1.22 bits per heavy atom. The highest BCUT2D eigenvalue weighted by atomic mass is 35.5. The Balaban J connectivity index is 2.27. The molecule has 1 amide bonds. The van der Waals surface area contributed by atoms with Crippen molar-refractivity contribution in [3.05, 3.63) is 53.2 Å². The first-order valence-corrected chi connectivity index (χ1v) is 8.07. The van der Waals surface area contributed by atoms with Crippen LogP contribution in [-0.4, -0.2) is 28.1 Å². The fourth-order valence-electron chi connectivity index (χ4n) is 2.36. The van der Waals surface area contributed by atoms with E-state index < -0.39 is 5.54 Å². The van der Waals surface area contributed by atoms with Gasteiger partial charge in [0.1, 0.15) is 5.69 Å². The molecular weight excluding hydrogens is 312 g/mol. The van der Waals surface area contributed by atoms with Gasteiger partial charge in [0.2, 0.25) is 0 Å². The number of amides is 1. The first-order valence-electron chi connectivity index (χ1n) is 7.70. The summed E-state index contributed by atoms with van der Waals surface area (Å²) < 4.78 is 0. The van der Waals surface area contributed by atoms with Gasteiger partial charge in [0.15, 0.2) is 0 Å². The fraction of sp³-hybridized carbons (Fsp3) is 0.333. The van der Waals surface area contributed by atoms with Crippen LogP contribution in [0.1, 0.15) is 37.2 Å². The second-order valence-corrected chi connectivity index (χ2v) is 5.95. The Morgan fingerprint density at radius 3 is 2.52 bits per heavy atom. The summed E-state index contributed by atoms with van der Waals surface area (Å²) in [5.74, 6) is -0.286. The number of nitrogens with zero attached hydrogens (tertiary/aromatic N) is 1. The molecule has 23 heavy (non-hydrogen) atoms. The molecule has 2 aromatic rings. The van der Waals surface area contributed by atoms with Crippen molar-refractivity contribution >= 4 is 17.5 Å². The summed E-state index contributed by atoms with van der Waals surface area (Å²) in [6, 6.07) is 12.6. The third-order valence-corrected chi connectivity index (χ3v) is 4.37. The number of halogens is 1. The van der Waals surface area contributed by atoms with E-state index in [4.69, 9.17) is 11.6 Å². The minimum atomic E-state index is -0.606. The first kappa shape index (κ1) is 17.4. The van der Waals surface area contributed by atoms with Crippen molar-refractivity contribution in [2.75, 3.05) is 6.61 Å². The number of carbonyl (C=O) groups is 1. The number of hydrogen-bond donors (Lipinski definition) is 2. The number of aliphatic hydroxyl groups is 1. The molecule has 2 N–H and O–H groups in total. The van der Waals surface area contributed by atoms with E-state index in [1.165, 1.54) is 0 Å². The van der Waals surface area contributed by atoms with Crippen LogP contribution in [-0.2, 0) is 0 Å². The first-order chi connectivity index (χ1) is 11.0. The van der Waals surface area contributed by atoms with E-state index in [1.54, 1.807) is 18.2 Å². The number of pyridine rings is 1. The van der Waals surface area contributed by atoms with E-state index in [2.05, 4.69) is 10.3 Å². The van der Waals surface area contributed by atoms with Gasteiger partial charge in [-0.15, -0.1) is 0 Å². The highest BCUT2D eigenvalue weighted by Crippen LogP contribution is 2.21. The standard InChI is InChI=1S/C18H21ClN2O2/c1-3-18(4-2,12-22)21-17(23)16-10-6-9-15(20-16)13-7-5-8-14(19)11-13/h5-11,22H,3-4,12H2,1-2H3,(H,21,23). The Bertz CT molecular complexity index is 676. The Morgan fingerprint density at radius 2 is 1.91 bits per heavy atom. The van der Waals surface area contributed by atoms with E-state index in [9.17, 15) is 9.90 Å². The molecule has 0 unspecified atom stereocenters. The van der Waals surface area contributed by atoms with E-state index in [1.807, 2.05) is 38.1 Å². The van der Waals surface area contributed by atoms with Crippen molar-refractivity contribution in [2.45, 2.75) is 32.2 Å². The molecule has 0 spiro atoms. The van der Waals surface area contributed by atoms with E-state index >= 15 is 0 Å². The van der Waals surface area contributed by atoms with Crippen LogP contribution in [0.15, 0.2) is 42.5 Å². The summed E-state index contributed by atoms with van der Waals surface area (Å²) in [7, 11) is 0. The van der Waals surface area contributed by atoms with Crippen LogP contribution >= 0.6 is 11.6 Å². The van der Waals surface area contributed by atoms with Gasteiger partial charge in [-0.25, -0.2) is 4.98 Å². The lowest BCUT2D eigenvalue weighted by Gasteiger charge is -2.30. The molecule has 0 aliphatic heterocycles. The molecule has 0 saturated heterocycles. The normalized spacial score (nSPS) is 11.3. The van der Waals surface area contributed by atoms with E-state index in [-0.39, 0.29) is 12.5 Å². The molecule has 0 fully saturated rings. The second-order valence-electron chi connectivity index (χ2n) is 5.52. The van der Waals surface area contributed by atoms with Gasteiger partial charge in [0, 0.05) is 10.6 Å². The molecule has 0 radical (unpaired) electrons. The Hall–Kier alpha value is -1.91. The molecule has 0 bridgehead atoms. The van der Waals surface area contributed by atoms with Crippen molar-refractivity contribution < 1.29 is 9.90 Å². The van der Waals surface area contributed by atoms with E-state index in [0.29, 0.717) is 29.3 Å². The maximum absolute atomic E-state index is 12.5. The molecule has 122 valence electrons. The topological polar surface area (TPSA) is 62.2 Å². The summed E-state index contributed by atoms with van der Waals surface area (Å²) in [6.07, 6.45) is 1.31. The highest BCUT2D eigenvalue weighted by molar-refractivity contribution is 6.30. The number of hydrogen-bond acceptors (Lipinski definition) is 3. The average Bonchev–Trinajstić information content (AvgIpc) is 2.60. The number of aliphatic hydroxyl groups excluding tert-OH is 1. The van der Waals surface area contributed by atoms with Crippen molar-refractivity contribution in [3.8, 4) is 11.3 Å². The second kappa shape index (κ2) is 7.57. The molecule has 1 heterocycles. The molecule has 5 heteroatoms. The number of aromatic nitrogens is 1. The largest absolute Gasteiger partial charge is 0.394 e. The van der Waals surface area contributed by atoms with Gasteiger partial charge in [-0.3, -0.25) is 4.79 Å². The third-order valence-electron chi connectivity index (χ3n) is 4.14. The van der Waals surface area contributed by atoms with E-state index in [0.717, 1.165) is 5.56 Å². The van der Waals surface area contributed by atoms with Gasteiger partial charge in [0.25, 0.3) is 5.91 Å². The Kier molecular flexibility index (Phi) is 5.74. The smallest absolute Gasteiger partial charge is 0.270 e. The lowest BCUT2D eigenvalue weighted by Crippen LogP contribution is -2.50. The van der Waals surface area contributed by atoms with Crippen molar-refractivity contribution in [1.82, 2.24) is 10.3 Å². The van der Waals surface area contributed by atoms with Crippen LogP contribution < -0.4 is 5.32 Å². The summed E-state index contributed by atoms with van der Waals surface area (Å²) in [4.78, 5) is 16.9. The summed E-state index contributed by atoms with van der Waals surface area (Å²) >= 11 is 6.01. The molecule has 0 saturated carbocycles. The van der Waals surface area contributed by atoms with Crippen LogP contribution in [0.2, 0.25) is 5.02 Å². The molecular formula is C18H21ClN2O2. The molecule has 1 aromatic carbocycles. The zero-order valence-electron chi connectivity index (χ0n) is 13.3. The Labute approximate surface area is 141 Å². The predicted molar refractivity (Wildman–Crippen MR) is 92.5 cm³/mol. The van der Waals surface area contributed by atoms with Crippen LogP contribution in [0, 0.1) is 0 Å². The monoisotopic (exact) mass is 332 g/mol. The fourth-order valence-corrected chi connectivity index (χ4v) is 2.55. The highest BCUT2D eigenvalue weighted by Gasteiger charge is 2.28. The van der Waals surface area contributed by atoms with Crippen molar-refractivity contribution in [1.29, 1.82) is 0 Å². The van der Waals surface area contributed by atoms with Crippen LogP contribution in [0.25, 0.3) is 11.3 Å². The van der Waals surface area contributed by atoms with Crippen LogP contribution in [0.3, 0.4) is 0 Å². The molecule has 4 nitrogen and oxygen atoms in total.